The van der Waals surface area contributed by atoms with Gasteiger partial charge in [0.05, 0.1) is 18.8 Å². The van der Waals surface area contributed by atoms with E-state index in [4.69, 9.17) is 5.73 Å². The van der Waals surface area contributed by atoms with Gasteiger partial charge in [-0.15, -0.1) is 5.10 Å². The van der Waals surface area contributed by atoms with Crippen molar-refractivity contribution >= 4 is 11.6 Å². The van der Waals surface area contributed by atoms with Crippen molar-refractivity contribution in [2.75, 3.05) is 0 Å². The summed E-state index contributed by atoms with van der Waals surface area (Å²) in [6, 6.07) is 5.44. The minimum Gasteiger partial charge on any atom is -0.369 e. The molecule has 10 heteroatoms. The summed E-state index contributed by atoms with van der Waals surface area (Å²) in [5.74, 6) is 1.02. The van der Waals surface area contributed by atoms with Crippen LogP contribution in [-0.2, 0) is 18.3 Å². The van der Waals surface area contributed by atoms with Gasteiger partial charge in [0.15, 0.2) is 23.1 Å². The Bertz CT molecular complexity index is 1040. The predicted octanol–water partition coefficient (Wildman–Crippen LogP) is -0.262. The van der Waals surface area contributed by atoms with Crippen molar-refractivity contribution in [1.82, 2.24) is 39.1 Å². The number of nitrogens with zero attached hydrogens (tertiary/aromatic N) is 8. The molecule has 0 saturated carbocycles. The van der Waals surface area contributed by atoms with E-state index in [2.05, 4.69) is 25.3 Å². The fraction of sp³-hybridized carbons (Fsp3) is 0.143. The van der Waals surface area contributed by atoms with Crippen LogP contribution in [0.3, 0.4) is 0 Å². The van der Waals surface area contributed by atoms with Gasteiger partial charge in [0.25, 0.3) is 0 Å². The SMILES string of the molecule is Cn1nccc1-n1nc(CC(N)=O)nc1-c1cnc2cccnn12. The molecule has 10 nitrogen and oxygen atoms in total. The molecule has 4 aromatic heterocycles. The third kappa shape index (κ3) is 2.20. The summed E-state index contributed by atoms with van der Waals surface area (Å²) >= 11 is 0. The van der Waals surface area contributed by atoms with Crippen LogP contribution in [0.1, 0.15) is 5.82 Å². The van der Waals surface area contributed by atoms with Gasteiger partial charge in [0.1, 0.15) is 5.69 Å². The fourth-order valence-electron chi connectivity index (χ4n) is 2.47. The number of hydrogen-bond acceptors (Lipinski definition) is 6. The van der Waals surface area contributed by atoms with Crippen molar-refractivity contribution in [3.63, 3.8) is 0 Å². The van der Waals surface area contributed by atoms with E-state index in [1.165, 1.54) is 0 Å². The average Bonchev–Trinajstić information content (AvgIpc) is 3.24. The first-order valence-corrected chi connectivity index (χ1v) is 7.15. The number of aryl methyl sites for hydroxylation is 1. The average molecular weight is 323 g/mol. The molecule has 0 spiro atoms. The molecule has 4 rings (SSSR count). The lowest BCUT2D eigenvalue weighted by Crippen LogP contribution is -2.15. The van der Waals surface area contributed by atoms with Crippen LogP contribution in [-0.4, -0.2) is 45.1 Å². The maximum absolute atomic E-state index is 11.2. The quantitative estimate of drug-likeness (QED) is 0.552. The van der Waals surface area contributed by atoms with Crippen LogP contribution in [0.4, 0.5) is 0 Å². The minimum atomic E-state index is -0.500. The Hall–Kier alpha value is -3.56. The first kappa shape index (κ1) is 14.1. The molecule has 0 fully saturated rings. The van der Waals surface area contributed by atoms with Gasteiger partial charge in [-0.3, -0.25) is 9.48 Å². The minimum absolute atomic E-state index is 0.0536. The molecule has 1 amide bonds. The highest BCUT2D eigenvalue weighted by Gasteiger charge is 2.20. The normalized spacial score (nSPS) is 11.2. The molecule has 0 radical (unpaired) electrons. The van der Waals surface area contributed by atoms with Crippen LogP contribution < -0.4 is 5.73 Å². The van der Waals surface area contributed by atoms with Crippen LogP contribution in [0.15, 0.2) is 36.8 Å². The van der Waals surface area contributed by atoms with Crippen molar-refractivity contribution in [3.8, 4) is 17.3 Å². The zero-order chi connectivity index (χ0) is 16.7. The summed E-state index contributed by atoms with van der Waals surface area (Å²) in [6.07, 6.45) is 4.92. The Labute approximate surface area is 135 Å². The molecule has 120 valence electrons. The highest BCUT2D eigenvalue weighted by atomic mass is 16.1. The van der Waals surface area contributed by atoms with Gasteiger partial charge in [-0.05, 0) is 12.1 Å². The van der Waals surface area contributed by atoms with Crippen LogP contribution in [0.25, 0.3) is 23.0 Å². The Morgan fingerprint density at radius 2 is 2.12 bits per heavy atom. The lowest BCUT2D eigenvalue weighted by atomic mass is 10.4. The van der Waals surface area contributed by atoms with Crippen molar-refractivity contribution < 1.29 is 4.79 Å². The molecule has 0 aliphatic rings. The monoisotopic (exact) mass is 323 g/mol. The standard InChI is InChI=1S/C14H13N9O/c1-21-13(4-6-17-21)23-14(19-11(20-23)7-10(15)24)9-8-16-12-3-2-5-18-22(9)12/h2-6,8H,7H2,1H3,(H2,15,24). The van der Waals surface area contributed by atoms with E-state index >= 15 is 0 Å². The number of carbonyl (C=O) groups excluding carboxylic acids is 1. The molecule has 4 aromatic rings. The Balaban J connectivity index is 1.95. The molecule has 0 atom stereocenters. The number of primary amides is 1. The third-order valence-corrected chi connectivity index (χ3v) is 3.50. The molecular weight excluding hydrogens is 310 g/mol. The topological polar surface area (TPSA) is 122 Å². The molecule has 0 aliphatic carbocycles. The Morgan fingerprint density at radius 3 is 2.88 bits per heavy atom. The highest BCUT2D eigenvalue weighted by Crippen LogP contribution is 2.21. The van der Waals surface area contributed by atoms with E-state index in [1.807, 2.05) is 6.07 Å². The number of imidazole rings is 1. The summed E-state index contributed by atoms with van der Waals surface area (Å²) in [5, 5.41) is 12.8. The number of carbonyl (C=O) groups is 1. The van der Waals surface area contributed by atoms with E-state index in [9.17, 15) is 4.79 Å². The second kappa shape index (κ2) is 5.26. The molecule has 0 aliphatic heterocycles. The first-order valence-electron chi connectivity index (χ1n) is 7.15. The van der Waals surface area contributed by atoms with E-state index in [-0.39, 0.29) is 6.42 Å². The van der Waals surface area contributed by atoms with Gasteiger partial charge >= 0.3 is 0 Å². The van der Waals surface area contributed by atoms with Crippen LogP contribution in [0.2, 0.25) is 0 Å². The fourth-order valence-corrected chi connectivity index (χ4v) is 2.47. The third-order valence-electron chi connectivity index (χ3n) is 3.50. The second-order valence-electron chi connectivity index (χ2n) is 5.16. The summed E-state index contributed by atoms with van der Waals surface area (Å²) < 4.78 is 4.91. The smallest absolute Gasteiger partial charge is 0.225 e. The van der Waals surface area contributed by atoms with E-state index in [0.717, 1.165) is 0 Å². The largest absolute Gasteiger partial charge is 0.369 e. The lowest BCUT2D eigenvalue weighted by molar-refractivity contribution is -0.117. The van der Waals surface area contributed by atoms with Gasteiger partial charge in [0.2, 0.25) is 5.91 Å². The Morgan fingerprint density at radius 1 is 1.25 bits per heavy atom. The molecule has 4 heterocycles. The number of hydrogen-bond donors (Lipinski definition) is 1. The van der Waals surface area contributed by atoms with Crippen molar-refractivity contribution in [2.45, 2.75) is 6.42 Å². The van der Waals surface area contributed by atoms with Crippen molar-refractivity contribution in [1.29, 1.82) is 0 Å². The van der Waals surface area contributed by atoms with Crippen molar-refractivity contribution in [2.24, 2.45) is 12.8 Å². The van der Waals surface area contributed by atoms with E-state index < -0.39 is 5.91 Å². The second-order valence-corrected chi connectivity index (χ2v) is 5.16. The van der Waals surface area contributed by atoms with E-state index in [1.54, 1.807) is 51.6 Å². The predicted molar refractivity (Wildman–Crippen MR) is 83.0 cm³/mol. The van der Waals surface area contributed by atoms with Gasteiger partial charge < -0.3 is 5.73 Å². The maximum Gasteiger partial charge on any atom is 0.225 e. The molecule has 24 heavy (non-hydrogen) atoms. The highest BCUT2D eigenvalue weighted by molar-refractivity contribution is 5.75. The summed E-state index contributed by atoms with van der Waals surface area (Å²) in [4.78, 5) is 20.0. The molecule has 0 bridgehead atoms. The number of amides is 1. The maximum atomic E-state index is 11.2. The molecule has 2 N–H and O–H groups in total. The van der Waals surface area contributed by atoms with E-state index in [0.29, 0.717) is 28.8 Å². The van der Waals surface area contributed by atoms with Crippen LogP contribution in [0, 0.1) is 0 Å². The summed E-state index contributed by atoms with van der Waals surface area (Å²) in [5.41, 5.74) is 6.60. The lowest BCUT2D eigenvalue weighted by Gasteiger charge is -2.05. The van der Waals surface area contributed by atoms with Crippen molar-refractivity contribution in [3.05, 3.63) is 42.6 Å². The van der Waals surface area contributed by atoms with Crippen LogP contribution in [0.5, 0.6) is 0 Å². The molecule has 0 unspecified atom stereocenters. The summed E-state index contributed by atoms with van der Waals surface area (Å²) in [6.45, 7) is 0. The number of rotatable bonds is 4. The van der Waals surface area contributed by atoms with Gasteiger partial charge in [0, 0.05) is 19.3 Å². The van der Waals surface area contributed by atoms with Gasteiger partial charge in [-0.1, -0.05) is 0 Å². The zero-order valence-electron chi connectivity index (χ0n) is 12.7. The molecular formula is C14H13N9O. The number of nitrogens with two attached hydrogens (primary N) is 1. The number of aromatic nitrogens is 8. The van der Waals surface area contributed by atoms with Gasteiger partial charge in [-0.25, -0.2) is 14.5 Å². The van der Waals surface area contributed by atoms with Crippen LogP contribution >= 0.6 is 0 Å². The van der Waals surface area contributed by atoms with Gasteiger partial charge in [-0.2, -0.15) is 14.9 Å². The zero-order valence-corrected chi connectivity index (χ0v) is 12.7. The first-order chi connectivity index (χ1) is 11.6. The molecule has 0 aromatic carbocycles. The molecule has 0 saturated heterocycles. The summed E-state index contributed by atoms with van der Waals surface area (Å²) in [7, 11) is 1.79. The Kier molecular flexibility index (Phi) is 3.08. The number of fused-ring (bicyclic) bond motifs is 1.